The Balaban J connectivity index is 0.978. The highest BCUT2D eigenvalue weighted by Gasteiger charge is 2.51. The number of benzene rings is 10. The largest absolute Gasteiger partial charge is 0.339 e. The van der Waals surface area contributed by atoms with Crippen molar-refractivity contribution in [2.45, 2.75) is 142 Å². The maximum absolute atomic E-state index is 10.5. The molecule has 12 aromatic rings. The molecule has 10 aromatic carbocycles. The van der Waals surface area contributed by atoms with E-state index in [1.165, 1.54) is 161 Å². The summed E-state index contributed by atoms with van der Waals surface area (Å²) in [6.45, 7) is 21.9. The highest BCUT2D eigenvalue weighted by Crippen LogP contribution is 2.55. The molecule has 0 amide bonds. The van der Waals surface area contributed by atoms with E-state index in [1.54, 1.807) is 0 Å². The predicted molar refractivity (Wildman–Crippen MR) is 400 cm³/mol. The van der Waals surface area contributed by atoms with Gasteiger partial charge in [0.1, 0.15) is 0 Å². The molecule has 2 atom stereocenters. The van der Waals surface area contributed by atoms with E-state index in [0.29, 0.717) is 41.0 Å². The SMILES string of the molecule is [C-]#[N+]c1ccc2c(c1)c1cc(C(C)(C)C)ccc1n2-c1ccc2c(c1)N(c1c(-c3ccccc3)cccc1-c1ccccc1)c1cccc3c1B2c1ccc(-n2c4ccc(C#N)cc4c4cc(C(C)(C)C)ccc42)cc1N3C1C(C2CCCCC2)CCCC1C1CCCCC1. The summed E-state index contributed by atoms with van der Waals surface area (Å²) in [6.07, 6.45) is 17.2. The molecule has 6 nitrogen and oxygen atoms in total. The molecule has 0 radical (unpaired) electrons. The van der Waals surface area contributed by atoms with Crippen molar-refractivity contribution in [2.75, 3.05) is 9.80 Å². The van der Waals surface area contributed by atoms with E-state index in [0.717, 1.165) is 55.3 Å². The van der Waals surface area contributed by atoms with Crippen LogP contribution in [0.3, 0.4) is 0 Å². The Hall–Kier alpha value is -9.56. The molecule has 17 rings (SSSR count). The molecule has 3 saturated carbocycles. The molecule has 0 spiro atoms. The Bertz CT molecular complexity index is 5020. The topological polar surface area (TPSA) is 44.5 Å². The van der Waals surface area contributed by atoms with Crippen LogP contribution in [0.1, 0.15) is 142 Å². The van der Waals surface area contributed by atoms with E-state index >= 15 is 0 Å². The van der Waals surface area contributed by atoms with E-state index < -0.39 is 0 Å². The first-order chi connectivity index (χ1) is 46.3. The number of nitrogens with zero attached hydrogens (tertiary/aromatic N) is 6. The Labute approximate surface area is 561 Å². The third kappa shape index (κ3) is 9.77. The molecular weight excluding hydrogens is 1150 g/mol. The molecule has 3 aliphatic carbocycles. The lowest BCUT2D eigenvalue weighted by atomic mass is 9.33. The Morgan fingerprint density at radius 1 is 0.442 bits per heavy atom. The average molecular weight is 1240 g/mol. The van der Waals surface area contributed by atoms with Gasteiger partial charge in [-0.3, -0.25) is 0 Å². The highest BCUT2D eigenvalue weighted by atomic mass is 15.2. The number of rotatable bonds is 8. The fourth-order valence-corrected chi connectivity index (χ4v) is 18.7. The maximum atomic E-state index is 10.5. The van der Waals surface area contributed by atoms with Gasteiger partial charge in [0.25, 0.3) is 6.71 Å². The molecule has 95 heavy (non-hydrogen) atoms. The van der Waals surface area contributed by atoms with Crippen molar-refractivity contribution in [1.29, 1.82) is 5.26 Å². The summed E-state index contributed by atoms with van der Waals surface area (Å²) >= 11 is 0. The van der Waals surface area contributed by atoms with E-state index in [-0.39, 0.29) is 17.5 Å². The number of fused-ring (bicyclic) bond motifs is 10. The van der Waals surface area contributed by atoms with Crippen LogP contribution in [0.5, 0.6) is 0 Å². The Morgan fingerprint density at radius 3 is 1.46 bits per heavy atom. The molecule has 468 valence electrons. The molecule has 2 unspecified atom stereocenters. The molecule has 0 bridgehead atoms. The molecular formula is C88H83BN6. The lowest BCUT2D eigenvalue weighted by Crippen LogP contribution is -2.64. The molecule has 2 aromatic heterocycles. The maximum Gasteiger partial charge on any atom is 0.252 e. The van der Waals surface area contributed by atoms with Crippen LogP contribution in [0.2, 0.25) is 0 Å². The summed E-state index contributed by atoms with van der Waals surface area (Å²) in [6, 6.07) is 81.2. The van der Waals surface area contributed by atoms with Gasteiger partial charge in [-0.25, -0.2) is 4.85 Å². The molecule has 0 saturated heterocycles. The highest BCUT2D eigenvalue weighted by molar-refractivity contribution is 7.00. The molecule has 4 heterocycles. The minimum absolute atomic E-state index is 0.0558. The lowest BCUT2D eigenvalue weighted by Gasteiger charge is -2.55. The molecule has 5 aliphatic rings. The zero-order valence-corrected chi connectivity index (χ0v) is 56.0. The third-order valence-corrected chi connectivity index (χ3v) is 23.2. The van der Waals surface area contributed by atoms with Crippen LogP contribution in [0, 0.1) is 41.6 Å². The van der Waals surface area contributed by atoms with Gasteiger partial charge in [-0.05, 0) is 182 Å². The predicted octanol–water partition coefficient (Wildman–Crippen LogP) is 21.9. The van der Waals surface area contributed by atoms with Crippen LogP contribution in [-0.2, 0) is 10.8 Å². The van der Waals surface area contributed by atoms with E-state index in [1.807, 2.05) is 12.1 Å². The van der Waals surface area contributed by atoms with Crippen molar-refractivity contribution in [2.24, 2.45) is 23.7 Å². The first kappa shape index (κ1) is 59.2. The van der Waals surface area contributed by atoms with E-state index in [4.69, 9.17) is 6.57 Å². The van der Waals surface area contributed by atoms with Crippen molar-refractivity contribution >= 4 is 101 Å². The second kappa shape index (κ2) is 23.1. The normalized spacial score (nSPS) is 18.4. The quantitative estimate of drug-likeness (QED) is 0.112. The minimum Gasteiger partial charge on any atom is -0.339 e. The van der Waals surface area contributed by atoms with Crippen molar-refractivity contribution in [3.05, 3.63) is 234 Å². The number of aromatic nitrogens is 2. The molecule has 7 heteroatoms. The monoisotopic (exact) mass is 1230 g/mol. The van der Waals surface area contributed by atoms with Gasteiger partial charge in [-0.1, -0.05) is 227 Å². The van der Waals surface area contributed by atoms with Gasteiger partial charge in [0.05, 0.1) is 46.0 Å². The zero-order chi connectivity index (χ0) is 64.4. The Kier molecular flexibility index (Phi) is 14.4. The van der Waals surface area contributed by atoms with E-state index in [2.05, 4.69) is 266 Å². The van der Waals surface area contributed by atoms with E-state index in [9.17, 15) is 5.26 Å². The standard InChI is InChI=1S/C88H83BN6/c1-87(2,3)61-38-46-77-71(50-61)70-49-56(55-90)37-45-76(70)92(77)64-41-43-74-82(53-64)94(85-66(57-23-12-8-13-24-57)31-20-32-67(85)58-25-14-9-15-26-58)80-35-22-36-81-84(80)89(74)75-44-42-65(93-78-47-39-62(88(4,5)6)51-72(78)73-52-63(91-7)40-48-79(73)93)54-83(75)95(81)86-68(59-27-16-10-17-28-59)33-21-34-69(86)60-29-18-11-19-30-60/h10-11,16-19,21-22,27-30,33-54,57-58,66-67,85H,8-9,12-15,20,23-26,31-32H2,1-6H3. The number of nitriles is 1. The van der Waals surface area contributed by atoms with Crippen LogP contribution in [-0.4, -0.2) is 21.9 Å². The summed E-state index contributed by atoms with van der Waals surface area (Å²) in [5, 5.41) is 15.0. The van der Waals surface area contributed by atoms with Gasteiger partial charge in [0.2, 0.25) is 0 Å². The molecule has 3 fully saturated rings. The fourth-order valence-electron chi connectivity index (χ4n) is 18.7. The fraction of sp³-hybridized carbons (Fsp3) is 0.295. The first-order valence-electron chi connectivity index (χ1n) is 35.5. The third-order valence-electron chi connectivity index (χ3n) is 23.2. The average Bonchev–Trinajstić information content (AvgIpc) is 1.02. The van der Waals surface area contributed by atoms with Crippen LogP contribution in [0.15, 0.2) is 206 Å². The van der Waals surface area contributed by atoms with Gasteiger partial charge in [-0.2, -0.15) is 5.26 Å². The number of hydrogen-bond donors (Lipinski definition) is 0. The Morgan fingerprint density at radius 2 is 0.926 bits per heavy atom. The summed E-state index contributed by atoms with van der Waals surface area (Å²) in [5.41, 5.74) is 25.4. The van der Waals surface area contributed by atoms with Crippen LogP contribution in [0.4, 0.5) is 34.1 Å². The van der Waals surface area contributed by atoms with Crippen LogP contribution < -0.4 is 26.2 Å². The summed E-state index contributed by atoms with van der Waals surface area (Å²) in [7, 11) is 0. The van der Waals surface area contributed by atoms with Crippen LogP contribution in [0.25, 0.3) is 82.1 Å². The van der Waals surface area contributed by atoms with Crippen molar-refractivity contribution in [3.8, 4) is 39.7 Å². The molecule has 0 N–H and O–H groups in total. The van der Waals surface area contributed by atoms with Gasteiger partial charge in [0.15, 0.2) is 5.69 Å². The van der Waals surface area contributed by atoms with Gasteiger partial charge in [-0.15, -0.1) is 0 Å². The zero-order valence-electron chi connectivity index (χ0n) is 56.0. The number of hydrogen-bond acceptors (Lipinski definition) is 3. The molecule has 2 aliphatic heterocycles. The van der Waals surface area contributed by atoms with Crippen LogP contribution >= 0.6 is 0 Å². The van der Waals surface area contributed by atoms with Gasteiger partial charge < -0.3 is 18.9 Å². The van der Waals surface area contributed by atoms with Crippen molar-refractivity contribution in [3.63, 3.8) is 0 Å². The van der Waals surface area contributed by atoms with Gasteiger partial charge >= 0.3 is 0 Å². The smallest absolute Gasteiger partial charge is 0.252 e. The summed E-state index contributed by atoms with van der Waals surface area (Å²) in [5.74, 6) is 2.48. The minimum atomic E-state index is -0.116. The summed E-state index contributed by atoms with van der Waals surface area (Å²) < 4.78 is 4.99. The lowest BCUT2D eigenvalue weighted by molar-refractivity contribution is 0.0839. The number of para-hydroxylation sites is 1. The first-order valence-corrected chi connectivity index (χ1v) is 35.5. The number of anilines is 5. The van der Waals surface area contributed by atoms with Crippen molar-refractivity contribution < 1.29 is 0 Å². The summed E-state index contributed by atoms with van der Waals surface area (Å²) in [4.78, 5) is 9.73. The van der Waals surface area contributed by atoms with Gasteiger partial charge in [0, 0.05) is 67.5 Å². The second-order valence-corrected chi connectivity index (χ2v) is 30.6. The van der Waals surface area contributed by atoms with Crippen molar-refractivity contribution in [1.82, 2.24) is 9.13 Å². The second-order valence-electron chi connectivity index (χ2n) is 30.6.